The Morgan fingerprint density at radius 3 is 1.64 bits per heavy atom. The Balaban J connectivity index is 2.23. The van der Waals surface area contributed by atoms with E-state index in [0.717, 1.165) is 17.5 Å². The number of nitrogens with two attached hydrogens (primary N) is 1. The van der Waals surface area contributed by atoms with Gasteiger partial charge < -0.3 is 10.8 Å². The molecule has 2 rings (SSSR count). The summed E-state index contributed by atoms with van der Waals surface area (Å²) in [7, 11) is 0. The fourth-order valence-electron chi connectivity index (χ4n) is 2.95. The predicted octanol–water partition coefficient (Wildman–Crippen LogP) is 3.58. The number of aliphatic hydroxyl groups is 1. The zero-order chi connectivity index (χ0) is 16.0. The molecule has 22 heavy (non-hydrogen) atoms. The van der Waals surface area contributed by atoms with Crippen LogP contribution in [-0.2, 0) is 12.8 Å². The van der Waals surface area contributed by atoms with Crippen molar-refractivity contribution < 1.29 is 5.11 Å². The molecule has 0 radical (unpaired) electrons. The maximum Gasteiger partial charge on any atom is 0.0878 e. The summed E-state index contributed by atoms with van der Waals surface area (Å²) in [6.45, 7) is 4.29. The van der Waals surface area contributed by atoms with E-state index in [1.54, 1.807) is 0 Å². The van der Waals surface area contributed by atoms with E-state index in [2.05, 4.69) is 38.1 Å². The monoisotopic (exact) mass is 297 g/mol. The van der Waals surface area contributed by atoms with Crippen molar-refractivity contribution in [3.63, 3.8) is 0 Å². The lowest BCUT2D eigenvalue weighted by Gasteiger charge is -2.35. The minimum Gasteiger partial charge on any atom is -0.388 e. The van der Waals surface area contributed by atoms with E-state index in [-0.39, 0.29) is 6.04 Å². The molecule has 2 nitrogen and oxygen atoms in total. The Hall–Kier alpha value is -1.64. The molecule has 0 saturated heterocycles. The lowest BCUT2D eigenvalue weighted by Crippen LogP contribution is -2.52. The van der Waals surface area contributed by atoms with Crippen LogP contribution in [0, 0.1) is 5.92 Å². The van der Waals surface area contributed by atoms with Gasteiger partial charge in [0.05, 0.1) is 5.60 Å². The molecular weight excluding hydrogens is 270 g/mol. The molecule has 0 heterocycles. The van der Waals surface area contributed by atoms with Crippen molar-refractivity contribution in [3.05, 3.63) is 71.8 Å². The molecule has 0 amide bonds. The van der Waals surface area contributed by atoms with Crippen molar-refractivity contribution in [2.24, 2.45) is 11.7 Å². The number of benzene rings is 2. The summed E-state index contributed by atoms with van der Waals surface area (Å²) in [5, 5.41) is 11.3. The van der Waals surface area contributed by atoms with Gasteiger partial charge >= 0.3 is 0 Å². The lowest BCUT2D eigenvalue weighted by atomic mass is 9.79. The summed E-state index contributed by atoms with van der Waals surface area (Å²) in [6, 6.07) is 20.0. The standard InChI is InChI=1S/C20H27NO/c1-16(2)13-19(21)20(22,14-17-9-5-3-6-10-17)15-18-11-7-4-8-12-18/h3-12,16,19,22H,13-15,21H2,1-2H3/t19-/m0/s1. The molecule has 0 aliphatic carbocycles. The van der Waals surface area contributed by atoms with Crippen LogP contribution < -0.4 is 5.73 Å². The Labute approximate surface area is 134 Å². The minimum atomic E-state index is -0.924. The first kappa shape index (κ1) is 16.7. The Kier molecular flexibility index (Phi) is 5.76. The molecule has 0 bridgehead atoms. The second-order valence-corrected chi connectivity index (χ2v) is 6.66. The van der Waals surface area contributed by atoms with Crippen molar-refractivity contribution >= 4 is 0 Å². The molecule has 118 valence electrons. The van der Waals surface area contributed by atoms with E-state index in [9.17, 15) is 5.11 Å². The van der Waals surface area contributed by atoms with Crippen molar-refractivity contribution in [1.29, 1.82) is 0 Å². The Morgan fingerprint density at radius 1 is 0.864 bits per heavy atom. The molecule has 3 N–H and O–H groups in total. The number of hydrogen-bond donors (Lipinski definition) is 2. The second kappa shape index (κ2) is 7.57. The fraction of sp³-hybridized carbons (Fsp3) is 0.400. The zero-order valence-corrected chi connectivity index (χ0v) is 13.6. The van der Waals surface area contributed by atoms with Crippen molar-refractivity contribution in [2.75, 3.05) is 0 Å². The van der Waals surface area contributed by atoms with Crippen LogP contribution in [0.3, 0.4) is 0 Å². The fourth-order valence-corrected chi connectivity index (χ4v) is 2.95. The first-order valence-electron chi connectivity index (χ1n) is 8.05. The van der Waals surface area contributed by atoms with Crippen LogP contribution >= 0.6 is 0 Å². The third-order valence-electron chi connectivity index (χ3n) is 4.12. The first-order chi connectivity index (χ1) is 10.5. The summed E-state index contributed by atoms with van der Waals surface area (Å²) in [6.07, 6.45) is 1.98. The predicted molar refractivity (Wildman–Crippen MR) is 92.7 cm³/mol. The maximum absolute atomic E-state index is 11.3. The van der Waals surface area contributed by atoms with Crippen LogP contribution in [0.2, 0.25) is 0 Å². The number of hydrogen-bond acceptors (Lipinski definition) is 2. The van der Waals surface area contributed by atoms with Gasteiger partial charge in [-0.15, -0.1) is 0 Å². The summed E-state index contributed by atoms with van der Waals surface area (Å²) in [5.74, 6) is 0.466. The molecule has 0 unspecified atom stereocenters. The van der Waals surface area contributed by atoms with Gasteiger partial charge in [-0.2, -0.15) is 0 Å². The number of rotatable bonds is 7. The minimum absolute atomic E-state index is 0.243. The highest BCUT2D eigenvalue weighted by Crippen LogP contribution is 2.25. The van der Waals surface area contributed by atoms with Crippen molar-refractivity contribution in [2.45, 2.75) is 44.8 Å². The highest BCUT2D eigenvalue weighted by atomic mass is 16.3. The van der Waals surface area contributed by atoms with Gasteiger partial charge in [-0.3, -0.25) is 0 Å². The molecule has 0 spiro atoms. The van der Waals surface area contributed by atoms with Gasteiger partial charge in [0, 0.05) is 18.9 Å². The Bertz CT molecular complexity index is 509. The van der Waals surface area contributed by atoms with Gasteiger partial charge in [0.1, 0.15) is 0 Å². The van der Waals surface area contributed by atoms with E-state index in [1.807, 2.05) is 36.4 Å². The van der Waals surface area contributed by atoms with Crippen LogP contribution in [-0.4, -0.2) is 16.7 Å². The van der Waals surface area contributed by atoms with Crippen molar-refractivity contribution in [1.82, 2.24) is 0 Å². The average Bonchev–Trinajstić information content (AvgIpc) is 2.48. The quantitative estimate of drug-likeness (QED) is 0.820. The topological polar surface area (TPSA) is 46.2 Å². The van der Waals surface area contributed by atoms with Gasteiger partial charge in [-0.25, -0.2) is 0 Å². The van der Waals surface area contributed by atoms with Gasteiger partial charge in [-0.05, 0) is 23.5 Å². The van der Waals surface area contributed by atoms with E-state index in [0.29, 0.717) is 18.8 Å². The van der Waals surface area contributed by atoms with E-state index in [1.165, 1.54) is 0 Å². The normalized spacial score (nSPS) is 13.3. The van der Waals surface area contributed by atoms with Gasteiger partial charge in [0.15, 0.2) is 0 Å². The van der Waals surface area contributed by atoms with Crippen LogP contribution in [0.25, 0.3) is 0 Å². The molecule has 0 fully saturated rings. The third kappa shape index (κ3) is 4.69. The van der Waals surface area contributed by atoms with Crippen LogP contribution in [0.1, 0.15) is 31.4 Å². The van der Waals surface area contributed by atoms with Crippen LogP contribution in [0.5, 0.6) is 0 Å². The molecule has 0 aliphatic rings. The molecular formula is C20H27NO. The molecule has 0 saturated carbocycles. The SMILES string of the molecule is CC(C)C[C@H](N)C(O)(Cc1ccccc1)Cc1ccccc1. The lowest BCUT2D eigenvalue weighted by molar-refractivity contribution is 0.00821. The van der Waals surface area contributed by atoms with Gasteiger partial charge in [-0.1, -0.05) is 74.5 Å². The second-order valence-electron chi connectivity index (χ2n) is 6.66. The molecule has 0 aliphatic heterocycles. The third-order valence-corrected chi connectivity index (χ3v) is 4.12. The molecule has 2 aromatic rings. The highest BCUT2D eigenvalue weighted by molar-refractivity contribution is 5.22. The molecule has 2 aromatic carbocycles. The Morgan fingerprint density at radius 2 is 1.27 bits per heavy atom. The summed E-state index contributed by atoms with van der Waals surface area (Å²) >= 11 is 0. The van der Waals surface area contributed by atoms with Crippen molar-refractivity contribution in [3.8, 4) is 0 Å². The van der Waals surface area contributed by atoms with Crippen LogP contribution in [0.15, 0.2) is 60.7 Å². The molecule has 2 heteroatoms. The summed E-state index contributed by atoms with van der Waals surface area (Å²) in [5.41, 5.74) is 7.73. The van der Waals surface area contributed by atoms with Gasteiger partial charge in [0.2, 0.25) is 0 Å². The smallest absolute Gasteiger partial charge is 0.0878 e. The summed E-state index contributed by atoms with van der Waals surface area (Å²) < 4.78 is 0. The van der Waals surface area contributed by atoms with Gasteiger partial charge in [0.25, 0.3) is 0 Å². The first-order valence-corrected chi connectivity index (χ1v) is 8.05. The van der Waals surface area contributed by atoms with E-state index < -0.39 is 5.60 Å². The largest absolute Gasteiger partial charge is 0.388 e. The average molecular weight is 297 g/mol. The maximum atomic E-state index is 11.3. The van der Waals surface area contributed by atoms with E-state index in [4.69, 9.17) is 5.73 Å². The summed E-state index contributed by atoms with van der Waals surface area (Å²) in [4.78, 5) is 0. The highest BCUT2D eigenvalue weighted by Gasteiger charge is 2.35. The van der Waals surface area contributed by atoms with E-state index >= 15 is 0 Å². The zero-order valence-electron chi connectivity index (χ0n) is 13.6. The molecule has 1 atom stereocenters. The molecule has 0 aromatic heterocycles. The van der Waals surface area contributed by atoms with Crippen LogP contribution in [0.4, 0.5) is 0 Å².